The maximum absolute atomic E-state index is 10.1. The Balaban J connectivity index is 1.61. The Hall–Kier alpha value is -3.19. The van der Waals surface area contributed by atoms with Gasteiger partial charge in [-0.15, -0.1) is 10.6 Å². The van der Waals surface area contributed by atoms with Gasteiger partial charge < -0.3 is 4.98 Å². The van der Waals surface area contributed by atoms with E-state index in [1.165, 1.54) is 5.41 Å². The van der Waals surface area contributed by atoms with Crippen molar-refractivity contribution in [3.05, 3.63) is 83.2 Å². The summed E-state index contributed by atoms with van der Waals surface area (Å²) >= 11 is 0. The highest BCUT2D eigenvalue weighted by molar-refractivity contribution is 8.27. The van der Waals surface area contributed by atoms with Crippen LogP contribution in [0.4, 0.5) is 0 Å². The number of aromatic amines is 1. The van der Waals surface area contributed by atoms with Crippen LogP contribution in [0.15, 0.2) is 71.0 Å². The van der Waals surface area contributed by atoms with E-state index in [1.54, 1.807) is 12.1 Å². The Morgan fingerprint density at radius 1 is 0.875 bits per heavy atom. The number of pyridine rings is 1. The summed E-state index contributed by atoms with van der Waals surface area (Å²) in [4.78, 5) is 13.7. The van der Waals surface area contributed by atoms with Gasteiger partial charge in [0, 0.05) is 22.6 Å². The van der Waals surface area contributed by atoms with Crippen molar-refractivity contribution in [2.45, 2.75) is 31.6 Å². The topological polar surface area (TPSA) is 82.0 Å². The number of rotatable bonds is 4. The molecule has 5 nitrogen and oxygen atoms in total. The quantitative estimate of drug-likeness (QED) is 0.308. The molecule has 0 aliphatic carbocycles. The lowest BCUT2D eigenvalue weighted by Gasteiger charge is -2.25. The highest BCUT2D eigenvalue weighted by Crippen LogP contribution is 2.56. The van der Waals surface area contributed by atoms with Crippen LogP contribution in [0.2, 0.25) is 0 Å². The van der Waals surface area contributed by atoms with E-state index >= 15 is 0 Å². The Kier molecular flexibility index (Phi) is 5.01. The van der Waals surface area contributed by atoms with E-state index in [0.717, 1.165) is 50.9 Å². The van der Waals surface area contributed by atoms with Gasteiger partial charge in [-0.2, -0.15) is 0 Å². The largest absolute Gasteiger partial charge is 0.340 e. The fraction of sp³-hybridized carbons (Fsp3) is 0.154. The monoisotopic (exact) mass is 443 g/mol. The number of nitrogens with one attached hydrogen (secondary N) is 1. The summed E-state index contributed by atoms with van der Waals surface area (Å²) in [6, 6.07) is 20.0. The second-order valence-electron chi connectivity index (χ2n) is 8.39. The Morgan fingerprint density at radius 3 is 2.41 bits per heavy atom. The zero-order chi connectivity index (χ0) is 22.5. The first-order valence-electron chi connectivity index (χ1n) is 10.6. The van der Waals surface area contributed by atoms with Crippen molar-refractivity contribution in [1.29, 1.82) is 0 Å². The van der Waals surface area contributed by atoms with Gasteiger partial charge >= 0.3 is 0 Å². The Bertz CT molecular complexity index is 1350. The first-order valence-corrected chi connectivity index (χ1v) is 12.2. The number of H-pyrrole nitrogens is 1. The van der Waals surface area contributed by atoms with Crippen LogP contribution in [0.25, 0.3) is 39.8 Å². The zero-order valence-corrected chi connectivity index (χ0v) is 19.0. The van der Waals surface area contributed by atoms with Gasteiger partial charge in [0.1, 0.15) is 5.82 Å². The Labute approximate surface area is 189 Å². The molecule has 3 heterocycles. The predicted molar refractivity (Wildman–Crippen MR) is 132 cm³/mol. The van der Waals surface area contributed by atoms with Gasteiger partial charge in [0.15, 0.2) is 0 Å². The lowest BCUT2D eigenvalue weighted by molar-refractivity contribution is 0.501. The van der Waals surface area contributed by atoms with E-state index in [-0.39, 0.29) is 5.92 Å². The number of nitrogens with zero attached hydrogens (tertiary/aromatic N) is 2. The van der Waals surface area contributed by atoms with E-state index in [2.05, 4.69) is 37.0 Å². The number of benzene rings is 2. The zero-order valence-electron chi connectivity index (χ0n) is 18.2. The van der Waals surface area contributed by atoms with E-state index in [0.29, 0.717) is 4.90 Å². The number of hydrogen-bond donors (Lipinski definition) is 3. The van der Waals surface area contributed by atoms with Crippen molar-refractivity contribution in [3.63, 3.8) is 0 Å². The van der Waals surface area contributed by atoms with Crippen molar-refractivity contribution in [1.82, 2.24) is 15.0 Å². The highest BCUT2D eigenvalue weighted by Gasteiger charge is 2.22. The van der Waals surface area contributed by atoms with Crippen molar-refractivity contribution in [3.8, 4) is 33.8 Å². The van der Waals surface area contributed by atoms with Gasteiger partial charge in [-0.1, -0.05) is 44.2 Å². The average Bonchev–Trinajstić information content (AvgIpc) is 3.35. The van der Waals surface area contributed by atoms with Crippen LogP contribution in [0.1, 0.15) is 36.8 Å². The SMILES string of the molecule is Cc1cccc(-c2[nH]c(C(C)C)nc2-c2cccc(-c3ccc4c(c3)C=CS4(O)O)c2)n1. The predicted octanol–water partition coefficient (Wildman–Crippen LogP) is 7.33. The summed E-state index contributed by atoms with van der Waals surface area (Å²) in [6.07, 6.45) is 1.78. The second-order valence-corrected chi connectivity index (χ2v) is 10.3. The molecule has 6 heteroatoms. The first kappa shape index (κ1) is 20.7. The van der Waals surface area contributed by atoms with Crippen LogP contribution in [-0.2, 0) is 0 Å². The summed E-state index contributed by atoms with van der Waals surface area (Å²) in [5, 5.41) is 1.48. The molecule has 0 saturated carbocycles. The number of fused-ring (bicyclic) bond motifs is 1. The number of imidazole rings is 1. The summed E-state index contributed by atoms with van der Waals surface area (Å²) < 4.78 is 20.3. The van der Waals surface area contributed by atoms with E-state index in [1.807, 2.05) is 43.3 Å². The van der Waals surface area contributed by atoms with Gasteiger partial charge in [-0.3, -0.25) is 14.1 Å². The molecule has 5 rings (SSSR count). The van der Waals surface area contributed by atoms with Crippen LogP contribution in [0.5, 0.6) is 0 Å². The van der Waals surface area contributed by atoms with Crippen LogP contribution in [0, 0.1) is 6.92 Å². The molecule has 2 aromatic heterocycles. The van der Waals surface area contributed by atoms with Gasteiger partial charge in [-0.25, -0.2) is 4.98 Å². The van der Waals surface area contributed by atoms with Gasteiger partial charge in [0.2, 0.25) is 0 Å². The molecule has 32 heavy (non-hydrogen) atoms. The molecule has 0 unspecified atom stereocenters. The fourth-order valence-electron chi connectivity index (χ4n) is 3.96. The van der Waals surface area contributed by atoms with Gasteiger partial charge in [0.25, 0.3) is 0 Å². The standard InChI is InChI=1S/C26H25N3O2S/c1-16(2)26-28-24(25(29-26)22-9-4-6-17(3)27-22)21-8-5-7-18(15-21)19-10-11-23-20(14-19)12-13-32(23,30)31/h4-16,30-31H,1-3H3,(H,28,29). The van der Waals surface area contributed by atoms with Crippen LogP contribution in [0.3, 0.4) is 0 Å². The molecule has 0 radical (unpaired) electrons. The molecule has 0 spiro atoms. The molecule has 0 saturated heterocycles. The minimum atomic E-state index is -2.80. The molecule has 3 N–H and O–H groups in total. The minimum absolute atomic E-state index is 0.263. The van der Waals surface area contributed by atoms with Crippen molar-refractivity contribution in [2.24, 2.45) is 0 Å². The summed E-state index contributed by atoms with van der Waals surface area (Å²) in [7, 11) is -2.80. The summed E-state index contributed by atoms with van der Waals surface area (Å²) in [5.41, 5.74) is 7.53. The number of hydrogen-bond acceptors (Lipinski definition) is 4. The van der Waals surface area contributed by atoms with E-state index in [4.69, 9.17) is 9.97 Å². The second kappa shape index (κ2) is 7.74. The molecule has 0 atom stereocenters. The van der Waals surface area contributed by atoms with Crippen molar-refractivity contribution >= 4 is 16.7 Å². The number of aryl methyl sites for hydroxylation is 1. The summed E-state index contributed by atoms with van der Waals surface area (Å²) in [6.45, 7) is 6.23. The maximum atomic E-state index is 10.1. The summed E-state index contributed by atoms with van der Waals surface area (Å²) in [5.74, 6) is 1.19. The molecule has 162 valence electrons. The molecule has 0 fully saturated rings. The van der Waals surface area contributed by atoms with Gasteiger partial charge in [0.05, 0.1) is 22.0 Å². The third kappa shape index (κ3) is 3.66. The van der Waals surface area contributed by atoms with Crippen LogP contribution >= 0.6 is 10.6 Å². The highest BCUT2D eigenvalue weighted by atomic mass is 32.3. The molecule has 1 aliphatic rings. The minimum Gasteiger partial charge on any atom is -0.340 e. The van der Waals surface area contributed by atoms with Crippen molar-refractivity contribution < 1.29 is 9.11 Å². The van der Waals surface area contributed by atoms with Crippen LogP contribution in [-0.4, -0.2) is 24.1 Å². The maximum Gasteiger partial charge on any atom is 0.109 e. The van der Waals surface area contributed by atoms with Crippen molar-refractivity contribution in [2.75, 3.05) is 0 Å². The molecule has 0 bridgehead atoms. The molecule has 0 amide bonds. The van der Waals surface area contributed by atoms with E-state index < -0.39 is 10.6 Å². The Morgan fingerprint density at radius 2 is 1.62 bits per heavy atom. The fourth-order valence-corrected chi connectivity index (χ4v) is 5.19. The third-order valence-corrected chi connectivity index (χ3v) is 7.19. The molecular formula is C26H25N3O2S. The third-order valence-electron chi connectivity index (χ3n) is 5.65. The molecule has 2 aromatic carbocycles. The van der Waals surface area contributed by atoms with Gasteiger partial charge in [-0.05, 0) is 60.0 Å². The first-order chi connectivity index (χ1) is 15.3. The number of aromatic nitrogens is 3. The molecule has 1 aliphatic heterocycles. The normalized spacial score (nSPS) is 15.2. The molecule has 4 aromatic rings. The van der Waals surface area contributed by atoms with E-state index in [9.17, 15) is 9.11 Å². The van der Waals surface area contributed by atoms with Crippen LogP contribution < -0.4 is 0 Å². The average molecular weight is 444 g/mol. The lowest BCUT2D eigenvalue weighted by Crippen LogP contribution is -1.92. The lowest BCUT2D eigenvalue weighted by atomic mass is 9.99. The molecular weight excluding hydrogens is 418 g/mol. The smallest absolute Gasteiger partial charge is 0.109 e.